The summed E-state index contributed by atoms with van der Waals surface area (Å²) in [5, 5.41) is 9.97. The van der Waals surface area contributed by atoms with Crippen molar-refractivity contribution in [1.29, 1.82) is 0 Å². The van der Waals surface area contributed by atoms with E-state index in [1.54, 1.807) is 0 Å². The minimum Gasteiger partial charge on any atom is -0.357 e. The van der Waals surface area contributed by atoms with Crippen LogP contribution < -0.4 is 20.9 Å². The van der Waals surface area contributed by atoms with Gasteiger partial charge in [-0.2, -0.15) is 0 Å². The van der Waals surface area contributed by atoms with Gasteiger partial charge >= 0.3 is 0 Å². The molecule has 3 fully saturated rings. The van der Waals surface area contributed by atoms with Crippen molar-refractivity contribution in [3.63, 3.8) is 0 Å². The van der Waals surface area contributed by atoms with Crippen molar-refractivity contribution in [1.82, 2.24) is 20.6 Å². The summed E-state index contributed by atoms with van der Waals surface area (Å²) < 4.78 is 0. The Kier molecular flexibility index (Phi) is 7.48. The van der Waals surface area contributed by atoms with E-state index in [1.165, 1.54) is 28.8 Å². The van der Waals surface area contributed by atoms with Crippen molar-refractivity contribution < 1.29 is 4.79 Å². The SMILES string of the molecule is CC(C)(C)c1ccc(N2[C@H](c3ccc(NC(=O)[C@@H]4CCCN4)cc3)CC[C@H]2c2ccc3nc([C@@H]4CCCN4)[nH]c3c2)cc1. The Bertz CT molecular complexity index is 1570. The van der Waals surface area contributed by atoms with Crippen LogP contribution in [-0.4, -0.2) is 35.0 Å². The quantitative estimate of drug-likeness (QED) is 0.198. The first kappa shape index (κ1) is 28.1. The average molecular weight is 577 g/mol. The number of benzene rings is 3. The summed E-state index contributed by atoms with van der Waals surface area (Å²) in [6, 6.07) is 25.2. The van der Waals surface area contributed by atoms with E-state index in [4.69, 9.17) is 4.98 Å². The lowest BCUT2D eigenvalue weighted by molar-refractivity contribution is -0.117. The second-order valence-electron chi connectivity index (χ2n) is 13.6. The molecule has 0 radical (unpaired) electrons. The number of H-pyrrole nitrogens is 1. The molecule has 4 heterocycles. The van der Waals surface area contributed by atoms with Crippen LogP contribution in [0.2, 0.25) is 0 Å². The molecule has 4 atom stereocenters. The lowest BCUT2D eigenvalue weighted by Gasteiger charge is -2.34. The first-order valence-electron chi connectivity index (χ1n) is 16.1. The Hall–Kier alpha value is -3.68. The summed E-state index contributed by atoms with van der Waals surface area (Å²) in [5.41, 5.74) is 8.29. The van der Waals surface area contributed by atoms with Gasteiger partial charge in [0.1, 0.15) is 5.82 Å². The first-order valence-corrected chi connectivity index (χ1v) is 16.1. The minimum atomic E-state index is -0.0838. The molecule has 0 unspecified atom stereocenters. The molecule has 4 N–H and O–H groups in total. The fourth-order valence-electron chi connectivity index (χ4n) is 7.22. The van der Waals surface area contributed by atoms with Gasteiger partial charge in [-0.25, -0.2) is 4.98 Å². The maximum Gasteiger partial charge on any atom is 0.241 e. The van der Waals surface area contributed by atoms with Crippen molar-refractivity contribution in [3.05, 3.63) is 89.2 Å². The van der Waals surface area contributed by atoms with Crippen LogP contribution in [0.25, 0.3) is 11.0 Å². The molecule has 3 aliphatic heterocycles. The normalized spacial score (nSPS) is 24.2. The lowest BCUT2D eigenvalue weighted by Crippen LogP contribution is -2.35. The van der Waals surface area contributed by atoms with Gasteiger partial charge in [-0.3, -0.25) is 4.79 Å². The van der Waals surface area contributed by atoms with Crippen molar-refractivity contribution in [2.75, 3.05) is 23.3 Å². The fraction of sp³-hybridized carbons (Fsp3) is 0.444. The highest BCUT2D eigenvalue weighted by Crippen LogP contribution is 2.47. The molecule has 43 heavy (non-hydrogen) atoms. The van der Waals surface area contributed by atoms with Crippen LogP contribution >= 0.6 is 0 Å². The predicted octanol–water partition coefficient (Wildman–Crippen LogP) is 7.06. The minimum absolute atomic E-state index is 0.0628. The average Bonchev–Trinajstić information content (AvgIpc) is 3.83. The topological polar surface area (TPSA) is 85.1 Å². The third-order valence-electron chi connectivity index (χ3n) is 9.66. The molecule has 1 aromatic heterocycles. The number of nitrogens with zero attached hydrogens (tertiary/aromatic N) is 2. The van der Waals surface area contributed by atoms with Gasteiger partial charge in [-0.15, -0.1) is 0 Å². The molecule has 0 aliphatic carbocycles. The van der Waals surface area contributed by atoms with Gasteiger partial charge in [0, 0.05) is 11.4 Å². The molecule has 3 aromatic carbocycles. The molecule has 224 valence electrons. The van der Waals surface area contributed by atoms with Crippen molar-refractivity contribution in [2.45, 2.75) is 88.9 Å². The van der Waals surface area contributed by atoms with Gasteiger partial charge in [0.2, 0.25) is 5.91 Å². The van der Waals surface area contributed by atoms with E-state index < -0.39 is 0 Å². The molecule has 3 aliphatic rings. The molecule has 0 saturated carbocycles. The van der Waals surface area contributed by atoms with Gasteiger partial charge in [0.05, 0.1) is 35.2 Å². The zero-order valence-corrected chi connectivity index (χ0v) is 25.6. The second-order valence-corrected chi connectivity index (χ2v) is 13.6. The number of nitrogens with one attached hydrogen (secondary N) is 4. The zero-order chi connectivity index (χ0) is 29.6. The number of hydrogen-bond acceptors (Lipinski definition) is 5. The molecule has 1 amide bonds. The highest BCUT2D eigenvalue weighted by Gasteiger charge is 2.36. The Morgan fingerprint density at radius 3 is 2.21 bits per heavy atom. The van der Waals surface area contributed by atoms with Crippen LogP contribution in [0.4, 0.5) is 11.4 Å². The number of amides is 1. The Morgan fingerprint density at radius 1 is 0.837 bits per heavy atom. The number of anilines is 2. The van der Waals surface area contributed by atoms with E-state index in [9.17, 15) is 4.79 Å². The number of rotatable bonds is 6. The van der Waals surface area contributed by atoms with Crippen molar-refractivity contribution in [2.24, 2.45) is 0 Å². The van der Waals surface area contributed by atoms with Gasteiger partial charge in [0.15, 0.2) is 0 Å². The Morgan fingerprint density at radius 2 is 1.53 bits per heavy atom. The fourth-order valence-corrected chi connectivity index (χ4v) is 7.22. The summed E-state index contributed by atoms with van der Waals surface area (Å²) in [6.07, 6.45) is 6.41. The van der Waals surface area contributed by atoms with Crippen molar-refractivity contribution >= 4 is 28.3 Å². The van der Waals surface area contributed by atoms with Gasteiger partial charge < -0.3 is 25.8 Å². The third-order valence-corrected chi connectivity index (χ3v) is 9.66. The molecule has 3 saturated heterocycles. The number of imidazole rings is 1. The molecular formula is C36H44N6O. The number of hydrogen-bond donors (Lipinski definition) is 4. The van der Waals surface area contributed by atoms with E-state index in [0.29, 0.717) is 6.04 Å². The maximum absolute atomic E-state index is 12.7. The Balaban J connectivity index is 1.19. The number of aromatic amines is 1. The summed E-state index contributed by atoms with van der Waals surface area (Å²) >= 11 is 0. The summed E-state index contributed by atoms with van der Waals surface area (Å²) in [5.74, 6) is 1.12. The number of fused-ring (bicyclic) bond motifs is 1. The number of aromatic nitrogens is 2. The summed E-state index contributed by atoms with van der Waals surface area (Å²) in [6.45, 7) is 8.77. The van der Waals surface area contributed by atoms with E-state index >= 15 is 0 Å². The maximum atomic E-state index is 12.7. The smallest absolute Gasteiger partial charge is 0.241 e. The second kappa shape index (κ2) is 11.4. The zero-order valence-electron chi connectivity index (χ0n) is 25.6. The highest BCUT2D eigenvalue weighted by atomic mass is 16.2. The van der Waals surface area contributed by atoms with Gasteiger partial charge in [0.25, 0.3) is 0 Å². The number of carbonyl (C=O) groups excluding carboxylic acids is 1. The van der Waals surface area contributed by atoms with Crippen LogP contribution in [0, 0.1) is 0 Å². The molecule has 0 spiro atoms. The number of carbonyl (C=O) groups is 1. The largest absolute Gasteiger partial charge is 0.357 e. The van der Waals surface area contributed by atoms with Crippen LogP contribution in [0.15, 0.2) is 66.7 Å². The molecule has 7 rings (SSSR count). The lowest BCUT2D eigenvalue weighted by atomic mass is 9.87. The standard InChI is InChI=1S/C36H44N6O/c1-36(2,3)25-11-15-27(16-12-25)42-32(23-8-13-26(14-9-23)39-35(43)30-7-5-21-38-30)18-19-33(42)24-10-17-28-31(22-24)41-34(40-28)29-6-4-20-37-29/h8-17,22,29-30,32-33,37-38H,4-7,18-21H2,1-3H3,(H,39,43)(H,40,41)/t29-,30-,32-,33-/m0/s1. The Labute approximate surface area is 254 Å². The summed E-state index contributed by atoms with van der Waals surface area (Å²) in [4.78, 5) is 23.8. The predicted molar refractivity (Wildman–Crippen MR) is 175 cm³/mol. The molecule has 4 aromatic rings. The van der Waals surface area contributed by atoms with E-state index in [-0.39, 0.29) is 29.4 Å². The van der Waals surface area contributed by atoms with Gasteiger partial charge in [-0.1, -0.05) is 51.1 Å². The van der Waals surface area contributed by atoms with E-state index in [1.807, 2.05) is 0 Å². The molecule has 7 heteroatoms. The van der Waals surface area contributed by atoms with Crippen LogP contribution in [0.5, 0.6) is 0 Å². The third kappa shape index (κ3) is 5.68. The molecule has 0 bridgehead atoms. The van der Waals surface area contributed by atoms with E-state index in [0.717, 1.165) is 67.7 Å². The van der Waals surface area contributed by atoms with Crippen LogP contribution in [0.3, 0.4) is 0 Å². The van der Waals surface area contributed by atoms with Crippen LogP contribution in [0.1, 0.15) is 99.9 Å². The van der Waals surface area contributed by atoms with Crippen LogP contribution in [-0.2, 0) is 10.2 Å². The van der Waals surface area contributed by atoms with Crippen molar-refractivity contribution in [3.8, 4) is 0 Å². The van der Waals surface area contributed by atoms with E-state index in [2.05, 4.69) is 113 Å². The molecular weight excluding hydrogens is 532 g/mol. The monoisotopic (exact) mass is 576 g/mol. The highest BCUT2D eigenvalue weighted by molar-refractivity contribution is 5.95. The summed E-state index contributed by atoms with van der Waals surface area (Å²) in [7, 11) is 0. The molecule has 7 nitrogen and oxygen atoms in total. The first-order chi connectivity index (χ1) is 20.8. The van der Waals surface area contributed by atoms with Gasteiger partial charge in [-0.05, 0) is 110 Å².